The SMILES string of the molecule is CCC(=O)C(C)n1cnc2c(cnn2C)c1=O. The standard InChI is InChI=1S/C11H14N4O2/c1-4-9(16)7(2)15-6-12-10-8(11(15)17)5-13-14(10)3/h5-7H,4H2,1-3H3. The van der Waals surface area contributed by atoms with Gasteiger partial charge in [-0.1, -0.05) is 6.92 Å². The normalized spacial score (nSPS) is 12.9. The molecule has 0 aliphatic heterocycles. The third-order valence-electron chi connectivity index (χ3n) is 2.91. The lowest BCUT2D eigenvalue weighted by Gasteiger charge is -2.12. The molecular formula is C11H14N4O2. The Morgan fingerprint density at radius 3 is 2.88 bits per heavy atom. The highest BCUT2D eigenvalue weighted by molar-refractivity contribution is 5.82. The molecule has 90 valence electrons. The van der Waals surface area contributed by atoms with Crippen molar-refractivity contribution >= 4 is 16.8 Å². The third-order valence-corrected chi connectivity index (χ3v) is 2.91. The van der Waals surface area contributed by atoms with Crippen LogP contribution in [0, 0.1) is 0 Å². The van der Waals surface area contributed by atoms with Crippen LogP contribution in [-0.4, -0.2) is 25.1 Å². The minimum Gasteiger partial charge on any atom is -0.297 e. The van der Waals surface area contributed by atoms with Gasteiger partial charge in [0.25, 0.3) is 5.56 Å². The second-order valence-electron chi connectivity index (χ2n) is 3.96. The van der Waals surface area contributed by atoms with E-state index in [0.717, 1.165) is 0 Å². The number of carbonyl (C=O) groups is 1. The number of hydrogen-bond donors (Lipinski definition) is 0. The maximum Gasteiger partial charge on any atom is 0.265 e. The molecule has 0 aromatic carbocycles. The summed E-state index contributed by atoms with van der Waals surface area (Å²) in [6.45, 7) is 3.48. The van der Waals surface area contributed by atoms with Crippen molar-refractivity contribution in [2.24, 2.45) is 7.05 Å². The zero-order valence-electron chi connectivity index (χ0n) is 10.0. The average Bonchev–Trinajstić information content (AvgIpc) is 2.71. The molecule has 0 spiro atoms. The molecule has 1 atom stereocenters. The van der Waals surface area contributed by atoms with Crippen LogP contribution in [0.5, 0.6) is 0 Å². The first-order valence-corrected chi connectivity index (χ1v) is 5.47. The molecule has 0 radical (unpaired) electrons. The number of hydrogen-bond acceptors (Lipinski definition) is 4. The average molecular weight is 234 g/mol. The van der Waals surface area contributed by atoms with E-state index in [-0.39, 0.29) is 11.3 Å². The third kappa shape index (κ3) is 1.75. The zero-order valence-corrected chi connectivity index (χ0v) is 10.0. The van der Waals surface area contributed by atoms with Crippen LogP contribution < -0.4 is 5.56 Å². The first-order valence-electron chi connectivity index (χ1n) is 5.47. The van der Waals surface area contributed by atoms with Gasteiger partial charge in [0.05, 0.1) is 12.2 Å². The van der Waals surface area contributed by atoms with E-state index < -0.39 is 6.04 Å². The molecule has 6 nitrogen and oxygen atoms in total. The Kier molecular flexibility index (Phi) is 2.79. The van der Waals surface area contributed by atoms with Crippen molar-refractivity contribution < 1.29 is 4.79 Å². The maximum absolute atomic E-state index is 12.1. The van der Waals surface area contributed by atoms with Gasteiger partial charge >= 0.3 is 0 Å². The largest absolute Gasteiger partial charge is 0.297 e. The Morgan fingerprint density at radius 1 is 1.53 bits per heavy atom. The van der Waals surface area contributed by atoms with Crippen molar-refractivity contribution in [3.63, 3.8) is 0 Å². The molecule has 2 aromatic heterocycles. The van der Waals surface area contributed by atoms with Gasteiger partial charge in [-0.25, -0.2) is 4.98 Å². The molecule has 2 rings (SSSR count). The highest BCUT2D eigenvalue weighted by atomic mass is 16.1. The topological polar surface area (TPSA) is 69.8 Å². The molecule has 0 aliphatic carbocycles. The van der Waals surface area contributed by atoms with Crippen LogP contribution in [0.2, 0.25) is 0 Å². The Labute approximate surface area is 97.9 Å². The second-order valence-corrected chi connectivity index (χ2v) is 3.96. The summed E-state index contributed by atoms with van der Waals surface area (Å²) in [6.07, 6.45) is 3.29. The van der Waals surface area contributed by atoms with Crippen LogP contribution >= 0.6 is 0 Å². The first-order chi connectivity index (χ1) is 8.06. The molecule has 1 unspecified atom stereocenters. The summed E-state index contributed by atoms with van der Waals surface area (Å²) < 4.78 is 2.89. The summed E-state index contributed by atoms with van der Waals surface area (Å²) in [5, 5.41) is 4.41. The van der Waals surface area contributed by atoms with Gasteiger partial charge in [-0.05, 0) is 6.92 Å². The van der Waals surface area contributed by atoms with Crippen LogP contribution in [0.4, 0.5) is 0 Å². The molecule has 0 amide bonds. The van der Waals surface area contributed by atoms with Crippen LogP contribution in [-0.2, 0) is 11.8 Å². The van der Waals surface area contributed by atoms with Crippen molar-refractivity contribution in [1.29, 1.82) is 0 Å². The fourth-order valence-electron chi connectivity index (χ4n) is 1.77. The summed E-state index contributed by atoms with van der Waals surface area (Å²) >= 11 is 0. The van der Waals surface area contributed by atoms with E-state index in [0.29, 0.717) is 17.5 Å². The quantitative estimate of drug-likeness (QED) is 0.782. The summed E-state index contributed by atoms with van der Waals surface area (Å²) in [5.74, 6) is 0.0112. The van der Waals surface area contributed by atoms with Gasteiger partial charge in [-0.3, -0.25) is 18.8 Å². The molecule has 0 N–H and O–H groups in total. The van der Waals surface area contributed by atoms with Gasteiger partial charge in [0.2, 0.25) is 0 Å². The van der Waals surface area contributed by atoms with Gasteiger partial charge in [-0.2, -0.15) is 5.10 Å². The van der Waals surface area contributed by atoms with Crippen molar-refractivity contribution in [2.45, 2.75) is 26.3 Å². The summed E-state index contributed by atoms with van der Waals surface area (Å²) in [7, 11) is 1.72. The van der Waals surface area contributed by atoms with Gasteiger partial charge < -0.3 is 0 Å². The van der Waals surface area contributed by atoms with Gasteiger partial charge in [-0.15, -0.1) is 0 Å². The number of ketones is 1. The predicted octanol–water partition coefficient (Wildman–Crippen LogP) is 0.670. The number of rotatable bonds is 3. The molecule has 17 heavy (non-hydrogen) atoms. The van der Waals surface area contributed by atoms with E-state index in [1.165, 1.54) is 21.8 Å². The van der Waals surface area contributed by atoms with E-state index in [1.54, 1.807) is 20.9 Å². The zero-order chi connectivity index (χ0) is 12.6. The molecule has 0 fully saturated rings. The lowest BCUT2D eigenvalue weighted by atomic mass is 10.1. The lowest BCUT2D eigenvalue weighted by molar-refractivity contribution is -0.121. The van der Waals surface area contributed by atoms with Gasteiger partial charge in [0.15, 0.2) is 11.4 Å². The van der Waals surface area contributed by atoms with E-state index in [4.69, 9.17) is 0 Å². The fraction of sp³-hybridized carbons (Fsp3) is 0.455. The molecule has 2 heterocycles. The minimum atomic E-state index is -0.482. The minimum absolute atomic E-state index is 0.0112. The first kappa shape index (κ1) is 11.5. The number of Topliss-reactive ketones (excluding diaryl/α,β-unsaturated/α-hetero) is 1. The smallest absolute Gasteiger partial charge is 0.265 e. The molecule has 0 aliphatic rings. The Morgan fingerprint density at radius 2 is 2.24 bits per heavy atom. The monoisotopic (exact) mass is 234 g/mol. The molecule has 0 bridgehead atoms. The van der Waals surface area contributed by atoms with Crippen molar-refractivity contribution in [2.75, 3.05) is 0 Å². The molecule has 6 heteroatoms. The Hall–Kier alpha value is -1.98. The number of fused-ring (bicyclic) bond motifs is 1. The van der Waals surface area contributed by atoms with Crippen molar-refractivity contribution in [3.05, 3.63) is 22.9 Å². The summed E-state index contributed by atoms with van der Waals surface area (Å²) in [6, 6.07) is -0.482. The van der Waals surface area contributed by atoms with Crippen LogP contribution in [0.15, 0.2) is 17.3 Å². The molecule has 0 saturated carbocycles. The van der Waals surface area contributed by atoms with E-state index in [2.05, 4.69) is 10.1 Å². The van der Waals surface area contributed by atoms with Crippen LogP contribution in [0.1, 0.15) is 26.3 Å². The molecule has 0 saturated heterocycles. The highest BCUT2D eigenvalue weighted by Crippen LogP contribution is 2.09. The fourth-order valence-corrected chi connectivity index (χ4v) is 1.77. The summed E-state index contributed by atoms with van der Waals surface area (Å²) in [4.78, 5) is 27.9. The number of aromatic nitrogens is 4. The predicted molar refractivity (Wildman–Crippen MR) is 62.8 cm³/mol. The van der Waals surface area contributed by atoms with Gasteiger partial charge in [0, 0.05) is 13.5 Å². The molecular weight excluding hydrogens is 220 g/mol. The van der Waals surface area contributed by atoms with Gasteiger partial charge in [0.1, 0.15) is 11.7 Å². The van der Waals surface area contributed by atoms with E-state index >= 15 is 0 Å². The highest BCUT2D eigenvalue weighted by Gasteiger charge is 2.16. The maximum atomic E-state index is 12.1. The lowest BCUT2D eigenvalue weighted by Crippen LogP contribution is -2.28. The second kappa shape index (κ2) is 4.12. The summed E-state index contributed by atoms with van der Waals surface area (Å²) in [5.41, 5.74) is 0.305. The Bertz CT molecular complexity index is 626. The number of carbonyl (C=O) groups excluding carboxylic acids is 1. The number of nitrogens with zero attached hydrogens (tertiary/aromatic N) is 4. The van der Waals surface area contributed by atoms with Crippen LogP contribution in [0.3, 0.4) is 0 Å². The number of aryl methyl sites for hydroxylation is 1. The van der Waals surface area contributed by atoms with E-state index in [9.17, 15) is 9.59 Å². The molecule has 2 aromatic rings. The van der Waals surface area contributed by atoms with Crippen LogP contribution in [0.25, 0.3) is 11.0 Å². The van der Waals surface area contributed by atoms with Crippen molar-refractivity contribution in [1.82, 2.24) is 19.3 Å². The van der Waals surface area contributed by atoms with Crippen molar-refractivity contribution in [3.8, 4) is 0 Å². The van der Waals surface area contributed by atoms with E-state index in [1.807, 2.05) is 0 Å². The Balaban J connectivity index is 2.61.